The van der Waals surface area contributed by atoms with Gasteiger partial charge in [-0.05, 0) is 38.2 Å². The van der Waals surface area contributed by atoms with Crippen LogP contribution in [0, 0.1) is 5.82 Å². The highest BCUT2D eigenvalue weighted by molar-refractivity contribution is 5.64. The molecule has 0 fully saturated rings. The molecule has 0 aliphatic carbocycles. The Kier molecular flexibility index (Phi) is 4.74. The van der Waals surface area contributed by atoms with Gasteiger partial charge in [0.1, 0.15) is 0 Å². The standard InChI is InChI=1S/C15H20FN3O/c1-4-7-19(2)10-12-9-17-18-15(12)11-5-6-13(16)14(8-11)20-3/h5-6,8-9H,4,7,10H2,1-3H3,(H,17,18). The SMILES string of the molecule is CCCN(C)Cc1c[nH]nc1-c1ccc(F)c(OC)c1. The van der Waals surface area contributed by atoms with Crippen LogP contribution >= 0.6 is 0 Å². The molecule has 20 heavy (non-hydrogen) atoms. The van der Waals surface area contributed by atoms with E-state index >= 15 is 0 Å². The first-order valence-corrected chi connectivity index (χ1v) is 6.70. The number of aromatic amines is 1. The molecule has 0 bridgehead atoms. The van der Waals surface area contributed by atoms with E-state index in [0.717, 1.165) is 36.3 Å². The van der Waals surface area contributed by atoms with Crippen LogP contribution in [0.2, 0.25) is 0 Å². The van der Waals surface area contributed by atoms with Crippen molar-refractivity contribution in [2.75, 3.05) is 20.7 Å². The summed E-state index contributed by atoms with van der Waals surface area (Å²) in [6, 6.07) is 4.80. The maximum absolute atomic E-state index is 13.5. The van der Waals surface area contributed by atoms with Crippen molar-refractivity contribution in [1.82, 2.24) is 15.1 Å². The van der Waals surface area contributed by atoms with Crippen LogP contribution in [0.3, 0.4) is 0 Å². The number of halogens is 1. The van der Waals surface area contributed by atoms with E-state index in [1.165, 1.54) is 13.2 Å². The van der Waals surface area contributed by atoms with Crippen molar-refractivity contribution in [2.45, 2.75) is 19.9 Å². The third-order valence-electron chi connectivity index (χ3n) is 3.19. The van der Waals surface area contributed by atoms with Crippen molar-refractivity contribution < 1.29 is 9.13 Å². The largest absolute Gasteiger partial charge is 0.494 e. The Hall–Kier alpha value is -1.88. The summed E-state index contributed by atoms with van der Waals surface area (Å²) in [5.41, 5.74) is 2.78. The molecule has 4 nitrogen and oxygen atoms in total. The Balaban J connectivity index is 2.27. The van der Waals surface area contributed by atoms with Crippen molar-refractivity contribution in [3.8, 4) is 17.0 Å². The molecule has 5 heteroatoms. The van der Waals surface area contributed by atoms with Gasteiger partial charge in [-0.1, -0.05) is 6.92 Å². The average molecular weight is 277 g/mol. The Labute approximate surface area is 118 Å². The third-order valence-corrected chi connectivity index (χ3v) is 3.19. The van der Waals surface area contributed by atoms with E-state index in [-0.39, 0.29) is 11.6 Å². The second kappa shape index (κ2) is 6.52. The molecule has 2 rings (SSSR count). The van der Waals surface area contributed by atoms with E-state index in [9.17, 15) is 4.39 Å². The quantitative estimate of drug-likeness (QED) is 0.882. The molecule has 1 N–H and O–H groups in total. The van der Waals surface area contributed by atoms with Crippen molar-refractivity contribution in [3.63, 3.8) is 0 Å². The number of nitrogens with one attached hydrogen (secondary N) is 1. The summed E-state index contributed by atoms with van der Waals surface area (Å²) in [5, 5.41) is 7.16. The molecular weight excluding hydrogens is 257 g/mol. The molecule has 1 aromatic heterocycles. The Morgan fingerprint density at radius 2 is 2.20 bits per heavy atom. The third kappa shape index (κ3) is 3.17. The predicted octanol–water partition coefficient (Wildman–Crippen LogP) is 3.07. The van der Waals surface area contributed by atoms with Crippen LogP contribution in [-0.4, -0.2) is 35.8 Å². The van der Waals surface area contributed by atoms with Gasteiger partial charge in [0.25, 0.3) is 0 Å². The van der Waals surface area contributed by atoms with Gasteiger partial charge in [-0.25, -0.2) is 4.39 Å². The number of nitrogens with zero attached hydrogens (tertiary/aromatic N) is 2. The van der Waals surface area contributed by atoms with Gasteiger partial charge >= 0.3 is 0 Å². The lowest BCUT2D eigenvalue weighted by atomic mass is 10.1. The first-order valence-electron chi connectivity index (χ1n) is 6.70. The van der Waals surface area contributed by atoms with E-state index in [1.54, 1.807) is 12.1 Å². The van der Waals surface area contributed by atoms with Crippen LogP contribution in [0.5, 0.6) is 5.75 Å². The fraction of sp³-hybridized carbons (Fsp3) is 0.400. The maximum atomic E-state index is 13.5. The lowest BCUT2D eigenvalue weighted by Crippen LogP contribution is -2.18. The highest BCUT2D eigenvalue weighted by atomic mass is 19.1. The zero-order valence-electron chi connectivity index (χ0n) is 12.1. The molecule has 0 saturated carbocycles. The molecule has 2 aromatic rings. The minimum Gasteiger partial charge on any atom is -0.494 e. The van der Waals surface area contributed by atoms with E-state index in [1.807, 2.05) is 6.20 Å². The van der Waals surface area contributed by atoms with Gasteiger partial charge in [0.2, 0.25) is 0 Å². The average Bonchev–Trinajstić information content (AvgIpc) is 2.87. The Bertz CT molecular complexity index is 568. The molecule has 0 unspecified atom stereocenters. The molecular formula is C15H20FN3O. The molecule has 1 heterocycles. The summed E-state index contributed by atoms with van der Waals surface area (Å²) in [5.74, 6) is -0.130. The van der Waals surface area contributed by atoms with Gasteiger partial charge in [-0.15, -0.1) is 0 Å². The number of aromatic nitrogens is 2. The number of H-pyrrole nitrogens is 1. The van der Waals surface area contributed by atoms with E-state index < -0.39 is 0 Å². The smallest absolute Gasteiger partial charge is 0.165 e. The van der Waals surface area contributed by atoms with Gasteiger partial charge < -0.3 is 9.64 Å². The van der Waals surface area contributed by atoms with Crippen LogP contribution in [0.15, 0.2) is 24.4 Å². The summed E-state index contributed by atoms with van der Waals surface area (Å²) < 4.78 is 18.5. The van der Waals surface area contributed by atoms with Crippen molar-refractivity contribution in [3.05, 3.63) is 35.8 Å². The van der Waals surface area contributed by atoms with Gasteiger partial charge in [0.05, 0.1) is 12.8 Å². The lowest BCUT2D eigenvalue weighted by Gasteiger charge is -2.15. The fourth-order valence-electron chi connectivity index (χ4n) is 2.24. The number of methoxy groups -OCH3 is 1. The van der Waals surface area contributed by atoms with Gasteiger partial charge in [0.15, 0.2) is 11.6 Å². The molecule has 0 radical (unpaired) electrons. The number of hydrogen-bond donors (Lipinski definition) is 1. The summed E-state index contributed by atoms with van der Waals surface area (Å²) in [6.07, 6.45) is 2.99. The number of hydrogen-bond acceptors (Lipinski definition) is 3. The number of benzene rings is 1. The van der Waals surface area contributed by atoms with Crippen LogP contribution in [0.25, 0.3) is 11.3 Å². The second-order valence-corrected chi connectivity index (χ2v) is 4.85. The first kappa shape index (κ1) is 14.5. The summed E-state index contributed by atoms with van der Waals surface area (Å²) in [7, 11) is 3.54. The lowest BCUT2D eigenvalue weighted by molar-refractivity contribution is 0.328. The van der Waals surface area contributed by atoms with Crippen LogP contribution in [0.4, 0.5) is 4.39 Å². The van der Waals surface area contributed by atoms with Gasteiger partial charge in [-0.3, -0.25) is 5.10 Å². The zero-order chi connectivity index (χ0) is 14.5. The molecule has 0 spiro atoms. The van der Waals surface area contributed by atoms with Gasteiger partial charge in [0, 0.05) is 23.9 Å². The van der Waals surface area contributed by atoms with Gasteiger partial charge in [-0.2, -0.15) is 5.10 Å². The minimum atomic E-state index is -0.364. The molecule has 0 saturated heterocycles. The second-order valence-electron chi connectivity index (χ2n) is 4.85. The molecule has 108 valence electrons. The highest BCUT2D eigenvalue weighted by Crippen LogP contribution is 2.27. The van der Waals surface area contributed by atoms with Crippen LogP contribution in [0.1, 0.15) is 18.9 Å². The molecule has 0 amide bonds. The van der Waals surface area contributed by atoms with Crippen molar-refractivity contribution in [1.29, 1.82) is 0 Å². The Morgan fingerprint density at radius 1 is 1.40 bits per heavy atom. The number of ether oxygens (including phenoxy) is 1. The molecule has 0 atom stereocenters. The van der Waals surface area contributed by atoms with Crippen molar-refractivity contribution in [2.24, 2.45) is 0 Å². The first-order chi connectivity index (χ1) is 9.65. The molecule has 0 aliphatic heterocycles. The maximum Gasteiger partial charge on any atom is 0.165 e. The zero-order valence-corrected chi connectivity index (χ0v) is 12.1. The summed E-state index contributed by atoms with van der Waals surface area (Å²) in [6.45, 7) is 3.98. The summed E-state index contributed by atoms with van der Waals surface area (Å²) >= 11 is 0. The normalized spacial score (nSPS) is 11.1. The molecule has 1 aromatic carbocycles. The van der Waals surface area contributed by atoms with Crippen LogP contribution in [-0.2, 0) is 6.54 Å². The van der Waals surface area contributed by atoms with E-state index in [0.29, 0.717) is 0 Å². The van der Waals surface area contributed by atoms with Crippen LogP contribution < -0.4 is 4.74 Å². The number of rotatable bonds is 6. The topological polar surface area (TPSA) is 41.2 Å². The minimum absolute atomic E-state index is 0.235. The van der Waals surface area contributed by atoms with E-state index in [2.05, 4.69) is 29.1 Å². The fourth-order valence-corrected chi connectivity index (χ4v) is 2.24. The monoisotopic (exact) mass is 277 g/mol. The Morgan fingerprint density at radius 3 is 2.90 bits per heavy atom. The summed E-state index contributed by atoms with van der Waals surface area (Å²) in [4.78, 5) is 2.23. The highest BCUT2D eigenvalue weighted by Gasteiger charge is 2.12. The van der Waals surface area contributed by atoms with E-state index in [4.69, 9.17) is 4.74 Å². The predicted molar refractivity (Wildman–Crippen MR) is 77.2 cm³/mol. The molecule has 0 aliphatic rings. The van der Waals surface area contributed by atoms with Crippen molar-refractivity contribution >= 4 is 0 Å².